The Bertz CT molecular complexity index is 358. The average molecular weight is 224 g/mol. The van der Waals surface area contributed by atoms with Crippen LogP contribution < -0.4 is 0 Å². The Morgan fingerprint density at radius 2 is 1.81 bits per heavy atom. The Kier molecular flexibility index (Phi) is 2.32. The quantitative estimate of drug-likeness (QED) is 0.774. The lowest BCUT2D eigenvalue weighted by Gasteiger charge is -2.39. The highest BCUT2D eigenvalue weighted by Crippen LogP contribution is 2.73. The number of rotatable bonds is 2. The van der Waals surface area contributed by atoms with Gasteiger partial charge in [-0.2, -0.15) is 0 Å². The summed E-state index contributed by atoms with van der Waals surface area (Å²) in [4.78, 5) is 23.6. The maximum Gasteiger partial charge on any atom is 0.137 e. The van der Waals surface area contributed by atoms with Gasteiger partial charge in [-0.1, -0.05) is 13.8 Å². The number of carbonyl (C=O) groups is 2. The van der Waals surface area contributed by atoms with Gasteiger partial charge in [-0.25, -0.2) is 0 Å². The first-order valence-corrected chi connectivity index (χ1v) is 5.96. The fourth-order valence-corrected chi connectivity index (χ4v) is 4.21. The molecule has 2 saturated carbocycles. The minimum atomic E-state index is -0.587. The molecule has 3 heteroatoms. The highest BCUT2D eigenvalue weighted by atomic mass is 16.3. The number of Topliss-reactive ketones (excluding diaryl/α,β-unsaturated/α-hetero) is 2. The fraction of sp³-hybridized carbons (Fsp3) is 0.846. The topological polar surface area (TPSA) is 54.4 Å². The Balaban J connectivity index is 2.48. The van der Waals surface area contributed by atoms with Gasteiger partial charge in [0.05, 0.1) is 6.10 Å². The molecule has 0 aromatic heterocycles. The van der Waals surface area contributed by atoms with Gasteiger partial charge in [0.1, 0.15) is 11.6 Å². The molecule has 4 atom stereocenters. The second-order valence-corrected chi connectivity index (χ2v) is 6.03. The molecule has 2 fully saturated rings. The van der Waals surface area contributed by atoms with Gasteiger partial charge in [0.2, 0.25) is 0 Å². The molecule has 2 aliphatic carbocycles. The van der Waals surface area contributed by atoms with Crippen molar-refractivity contribution in [2.24, 2.45) is 22.7 Å². The molecule has 0 saturated heterocycles. The zero-order valence-electron chi connectivity index (χ0n) is 10.4. The zero-order chi connectivity index (χ0) is 12.3. The predicted octanol–water partition coefficient (Wildman–Crippen LogP) is 1.58. The third-order valence-electron chi connectivity index (χ3n) is 4.89. The Morgan fingerprint density at radius 1 is 1.25 bits per heavy atom. The van der Waals surface area contributed by atoms with E-state index in [0.29, 0.717) is 6.42 Å². The number of hydrogen-bond acceptors (Lipinski definition) is 3. The summed E-state index contributed by atoms with van der Waals surface area (Å²) in [5, 5.41) is 9.98. The summed E-state index contributed by atoms with van der Waals surface area (Å²) in [7, 11) is 0. The molecule has 0 aromatic rings. The molecule has 0 aliphatic heterocycles. The van der Waals surface area contributed by atoms with Gasteiger partial charge in [-0.05, 0) is 32.1 Å². The molecule has 0 spiro atoms. The van der Waals surface area contributed by atoms with Crippen LogP contribution in [-0.4, -0.2) is 22.8 Å². The summed E-state index contributed by atoms with van der Waals surface area (Å²) < 4.78 is 0. The van der Waals surface area contributed by atoms with Crippen molar-refractivity contribution in [2.45, 2.75) is 46.6 Å². The number of fused-ring (bicyclic) bond motifs is 1. The van der Waals surface area contributed by atoms with Crippen LogP contribution in [0.2, 0.25) is 0 Å². The number of ketones is 2. The molecular formula is C13H20O3. The first kappa shape index (κ1) is 11.8. The summed E-state index contributed by atoms with van der Waals surface area (Å²) in [5.74, 6) is -0.264. The summed E-state index contributed by atoms with van der Waals surface area (Å²) in [6.07, 6.45) is 1.04. The lowest BCUT2D eigenvalue weighted by molar-refractivity contribution is -0.133. The summed E-state index contributed by atoms with van der Waals surface area (Å²) in [6, 6.07) is 0. The molecule has 0 bridgehead atoms. The van der Waals surface area contributed by atoms with Gasteiger partial charge in [-0.3, -0.25) is 9.59 Å². The second-order valence-electron chi connectivity index (χ2n) is 6.03. The van der Waals surface area contributed by atoms with Crippen molar-refractivity contribution in [3.8, 4) is 0 Å². The van der Waals surface area contributed by atoms with Gasteiger partial charge in [0.25, 0.3) is 0 Å². The first-order valence-electron chi connectivity index (χ1n) is 5.96. The van der Waals surface area contributed by atoms with E-state index < -0.39 is 11.5 Å². The fourth-order valence-electron chi connectivity index (χ4n) is 4.21. The minimum Gasteiger partial charge on any atom is -0.393 e. The van der Waals surface area contributed by atoms with Crippen molar-refractivity contribution in [1.82, 2.24) is 0 Å². The van der Waals surface area contributed by atoms with Crippen LogP contribution in [0.4, 0.5) is 0 Å². The van der Waals surface area contributed by atoms with Crippen LogP contribution in [-0.2, 0) is 9.59 Å². The third kappa shape index (κ3) is 1.12. The van der Waals surface area contributed by atoms with Crippen molar-refractivity contribution in [1.29, 1.82) is 0 Å². The van der Waals surface area contributed by atoms with E-state index in [0.717, 1.165) is 6.42 Å². The molecule has 0 amide bonds. The molecule has 0 aromatic carbocycles. The third-order valence-corrected chi connectivity index (χ3v) is 4.89. The van der Waals surface area contributed by atoms with E-state index in [2.05, 4.69) is 13.8 Å². The van der Waals surface area contributed by atoms with Gasteiger partial charge in [0.15, 0.2) is 0 Å². The maximum atomic E-state index is 12.0. The van der Waals surface area contributed by atoms with Crippen LogP contribution in [0.1, 0.15) is 40.5 Å². The van der Waals surface area contributed by atoms with Crippen molar-refractivity contribution < 1.29 is 14.7 Å². The molecule has 0 heterocycles. The molecule has 3 nitrogen and oxygen atoms in total. The molecular weight excluding hydrogens is 204 g/mol. The zero-order valence-corrected chi connectivity index (χ0v) is 10.4. The number of hydrogen-bond donors (Lipinski definition) is 1. The molecule has 0 radical (unpaired) electrons. The molecule has 2 rings (SSSR count). The van der Waals surface area contributed by atoms with E-state index in [9.17, 15) is 14.7 Å². The van der Waals surface area contributed by atoms with E-state index in [1.165, 1.54) is 6.92 Å². The van der Waals surface area contributed by atoms with E-state index in [1.54, 1.807) is 6.92 Å². The Hall–Kier alpha value is -0.700. The van der Waals surface area contributed by atoms with Gasteiger partial charge >= 0.3 is 0 Å². The van der Waals surface area contributed by atoms with Crippen LogP contribution in [0.15, 0.2) is 0 Å². The monoisotopic (exact) mass is 224 g/mol. The standard InChI is InChI=1S/C13H20O3/c1-7(14)10-11-9(16)5-6-12(3,4)13(10,11)8(2)15/h9-11,16H,5-6H2,1-4H3. The van der Waals surface area contributed by atoms with Crippen molar-refractivity contribution in [3.63, 3.8) is 0 Å². The maximum absolute atomic E-state index is 12.0. The van der Waals surface area contributed by atoms with E-state index in [-0.39, 0.29) is 28.8 Å². The summed E-state index contributed by atoms with van der Waals surface area (Å²) >= 11 is 0. The van der Waals surface area contributed by atoms with Gasteiger partial charge in [-0.15, -0.1) is 0 Å². The molecule has 1 N–H and O–H groups in total. The molecule has 16 heavy (non-hydrogen) atoms. The normalized spacial score (nSPS) is 44.7. The van der Waals surface area contributed by atoms with Crippen molar-refractivity contribution >= 4 is 11.6 Å². The van der Waals surface area contributed by atoms with E-state index >= 15 is 0 Å². The van der Waals surface area contributed by atoms with Crippen molar-refractivity contribution in [2.75, 3.05) is 0 Å². The largest absolute Gasteiger partial charge is 0.393 e. The second kappa shape index (κ2) is 3.16. The van der Waals surface area contributed by atoms with E-state index in [1.807, 2.05) is 0 Å². The summed E-state index contributed by atoms with van der Waals surface area (Å²) in [5.41, 5.74) is -0.754. The first-order chi connectivity index (χ1) is 7.26. The van der Waals surface area contributed by atoms with Crippen LogP contribution >= 0.6 is 0 Å². The Labute approximate surface area is 96.2 Å². The van der Waals surface area contributed by atoms with Crippen LogP contribution in [0.3, 0.4) is 0 Å². The average Bonchev–Trinajstić information content (AvgIpc) is 2.84. The Morgan fingerprint density at radius 3 is 2.19 bits per heavy atom. The number of aliphatic hydroxyl groups is 1. The van der Waals surface area contributed by atoms with Crippen LogP contribution in [0.25, 0.3) is 0 Å². The van der Waals surface area contributed by atoms with Gasteiger partial charge < -0.3 is 5.11 Å². The van der Waals surface area contributed by atoms with Crippen LogP contribution in [0, 0.1) is 22.7 Å². The van der Waals surface area contributed by atoms with Gasteiger partial charge in [0, 0.05) is 17.3 Å². The smallest absolute Gasteiger partial charge is 0.137 e. The van der Waals surface area contributed by atoms with Crippen LogP contribution in [0.5, 0.6) is 0 Å². The summed E-state index contributed by atoms with van der Waals surface area (Å²) in [6.45, 7) is 7.21. The number of carbonyl (C=O) groups excluding carboxylic acids is 2. The lowest BCUT2D eigenvalue weighted by Crippen LogP contribution is -2.41. The highest BCUT2D eigenvalue weighted by Gasteiger charge is 2.78. The minimum absolute atomic E-state index is 0.0502. The number of aliphatic hydroxyl groups excluding tert-OH is 1. The lowest BCUT2D eigenvalue weighted by atomic mass is 9.64. The molecule has 90 valence electrons. The molecule has 4 unspecified atom stereocenters. The predicted molar refractivity (Wildman–Crippen MR) is 59.8 cm³/mol. The highest BCUT2D eigenvalue weighted by molar-refractivity contribution is 5.97. The van der Waals surface area contributed by atoms with Crippen molar-refractivity contribution in [3.05, 3.63) is 0 Å². The SMILES string of the molecule is CC(=O)C1C2C(O)CCC(C)(C)C12C(C)=O. The molecule has 2 aliphatic rings. The van der Waals surface area contributed by atoms with E-state index in [4.69, 9.17) is 0 Å².